The molecule has 0 amide bonds. The molecule has 1 fully saturated rings. The second-order valence-electron chi connectivity index (χ2n) is 5.51. The van der Waals surface area contributed by atoms with E-state index in [0.717, 1.165) is 25.5 Å². The lowest BCUT2D eigenvalue weighted by Crippen LogP contribution is -2.45. The Morgan fingerprint density at radius 3 is 2.84 bits per heavy atom. The fourth-order valence-corrected chi connectivity index (χ4v) is 2.37. The Bertz CT molecular complexity index is 409. The maximum Gasteiger partial charge on any atom is 0.232 e. The van der Waals surface area contributed by atoms with E-state index in [1.165, 1.54) is 0 Å². The Labute approximate surface area is 114 Å². The summed E-state index contributed by atoms with van der Waals surface area (Å²) in [6.45, 7) is 6.82. The summed E-state index contributed by atoms with van der Waals surface area (Å²) in [5.74, 6) is 1.14. The molecular weight excluding hydrogens is 244 g/mol. The van der Waals surface area contributed by atoms with Crippen LogP contribution in [-0.2, 0) is 0 Å². The van der Waals surface area contributed by atoms with Gasteiger partial charge in [0.2, 0.25) is 5.89 Å². The second kappa shape index (κ2) is 5.98. The minimum absolute atomic E-state index is 0.113. The first-order valence-electron chi connectivity index (χ1n) is 6.93. The zero-order chi connectivity index (χ0) is 14.0. The Morgan fingerprint density at radius 1 is 1.42 bits per heavy atom. The van der Waals surface area contributed by atoms with E-state index in [-0.39, 0.29) is 12.0 Å². The van der Waals surface area contributed by atoms with Gasteiger partial charge in [0.1, 0.15) is 0 Å². The molecule has 3 atom stereocenters. The first kappa shape index (κ1) is 14.4. The topological polar surface area (TPSA) is 65.6 Å². The van der Waals surface area contributed by atoms with Crippen LogP contribution in [0.3, 0.4) is 0 Å². The fraction of sp³-hybridized carbons (Fsp3) is 0.846. The normalized spacial score (nSPS) is 25.4. The largest absolute Gasteiger partial charge is 0.392 e. The van der Waals surface area contributed by atoms with Crippen LogP contribution in [0.5, 0.6) is 0 Å². The van der Waals surface area contributed by atoms with Crippen LogP contribution in [0.25, 0.3) is 0 Å². The number of piperazine rings is 1. The summed E-state index contributed by atoms with van der Waals surface area (Å²) >= 11 is 0. The van der Waals surface area contributed by atoms with Crippen LogP contribution in [0.1, 0.15) is 43.9 Å². The molecule has 6 heteroatoms. The predicted molar refractivity (Wildman–Crippen MR) is 71.9 cm³/mol. The van der Waals surface area contributed by atoms with Gasteiger partial charge in [0, 0.05) is 19.6 Å². The van der Waals surface area contributed by atoms with Crippen LogP contribution >= 0.6 is 0 Å². The van der Waals surface area contributed by atoms with Gasteiger partial charge in [-0.1, -0.05) is 19.0 Å². The summed E-state index contributed by atoms with van der Waals surface area (Å²) in [5.41, 5.74) is 0. The van der Waals surface area contributed by atoms with Gasteiger partial charge >= 0.3 is 0 Å². The Hall–Kier alpha value is -0.980. The third-order valence-electron chi connectivity index (χ3n) is 3.99. The summed E-state index contributed by atoms with van der Waals surface area (Å²) in [6.07, 6.45) is 0.255. The number of rotatable bonds is 4. The van der Waals surface area contributed by atoms with E-state index < -0.39 is 6.10 Å². The van der Waals surface area contributed by atoms with Crippen molar-refractivity contribution in [1.82, 2.24) is 19.9 Å². The molecule has 1 aliphatic rings. The number of nitrogens with zero attached hydrogens (tertiary/aromatic N) is 4. The van der Waals surface area contributed by atoms with Crippen molar-refractivity contribution in [3.8, 4) is 0 Å². The van der Waals surface area contributed by atoms with Gasteiger partial charge in [0.15, 0.2) is 5.82 Å². The van der Waals surface area contributed by atoms with E-state index in [4.69, 9.17) is 4.52 Å². The Morgan fingerprint density at radius 2 is 2.16 bits per heavy atom. The molecule has 0 aromatic carbocycles. The molecule has 6 nitrogen and oxygen atoms in total. The van der Waals surface area contributed by atoms with Gasteiger partial charge in [0.25, 0.3) is 0 Å². The summed E-state index contributed by atoms with van der Waals surface area (Å²) in [6, 6.07) is 0.169. The lowest BCUT2D eigenvalue weighted by molar-refractivity contribution is 0.107. The maximum absolute atomic E-state index is 9.85. The summed E-state index contributed by atoms with van der Waals surface area (Å²) in [4.78, 5) is 9.00. The molecule has 1 saturated heterocycles. The average molecular weight is 268 g/mol. The van der Waals surface area contributed by atoms with Gasteiger partial charge in [-0.2, -0.15) is 4.98 Å². The molecule has 0 bridgehead atoms. The summed E-state index contributed by atoms with van der Waals surface area (Å²) in [5, 5.41) is 13.9. The van der Waals surface area contributed by atoms with Crippen molar-refractivity contribution >= 4 is 0 Å². The first-order chi connectivity index (χ1) is 9.02. The molecule has 2 heterocycles. The number of hydrogen-bond donors (Lipinski definition) is 1. The van der Waals surface area contributed by atoms with Crippen molar-refractivity contribution in [3.05, 3.63) is 11.7 Å². The zero-order valence-electron chi connectivity index (χ0n) is 12.2. The van der Waals surface area contributed by atoms with Crippen molar-refractivity contribution in [3.63, 3.8) is 0 Å². The Kier molecular flexibility index (Phi) is 4.54. The molecule has 1 N–H and O–H groups in total. The maximum atomic E-state index is 9.85. The van der Waals surface area contributed by atoms with Crippen molar-refractivity contribution in [2.45, 2.75) is 38.3 Å². The highest BCUT2D eigenvalue weighted by Crippen LogP contribution is 2.24. The number of aliphatic hydroxyl groups is 1. The number of likely N-dealkylation sites (N-methyl/N-ethyl adjacent to an activating group) is 2. The van der Waals surface area contributed by atoms with E-state index in [9.17, 15) is 5.11 Å². The lowest BCUT2D eigenvalue weighted by Gasteiger charge is -2.35. The van der Waals surface area contributed by atoms with Gasteiger partial charge in [-0.05, 0) is 20.5 Å². The molecule has 2 rings (SSSR count). The molecule has 0 spiro atoms. The van der Waals surface area contributed by atoms with Crippen molar-refractivity contribution in [2.24, 2.45) is 0 Å². The molecule has 0 saturated carbocycles. The smallest absolute Gasteiger partial charge is 0.232 e. The highest BCUT2D eigenvalue weighted by molar-refractivity contribution is 5.01. The second-order valence-corrected chi connectivity index (χ2v) is 5.51. The van der Waals surface area contributed by atoms with Gasteiger partial charge in [0.05, 0.1) is 18.1 Å². The molecule has 19 heavy (non-hydrogen) atoms. The zero-order valence-corrected chi connectivity index (χ0v) is 12.2. The van der Waals surface area contributed by atoms with Gasteiger partial charge in [-0.15, -0.1) is 0 Å². The monoisotopic (exact) mass is 268 g/mol. The van der Waals surface area contributed by atoms with E-state index in [1.54, 1.807) is 0 Å². The molecule has 0 aliphatic carbocycles. The summed E-state index contributed by atoms with van der Waals surface area (Å²) < 4.78 is 5.32. The van der Waals surface area contributed by atoms with Crippen LogP contribution in [-0.4, -0.2) is 64.9 Å². The molecule has 1 aliphatic heterocycles. The lowest BCUT2D eigenvalue weighted by atomic mass is 10.0. The van der Waals surface area contributed by atoms with Crippen LogP contribution in [0, 0.1) is 0 Å². The van der Waals surface area contributed by atoms with E-state index >= 15 is 0 Å². The van der Waals surface area contributed by atoms with Crippen LogP contribution in [0.4, 0.5) is 0 Å². The highest BCUT2D eigenvalue weighted by Gasteiger charge is 2.29. The molecule has 1 aromatic rings. The van der Waals surface area contributed by atoms with Crippen molar-refractivity contribution in [1.29, 1.82) is 0 Å². The van der Waals surface area contributed by atoms with Gasteiger partial charge in [-0.25, -0.2) is 0 Å². The third-order valence-corrected chi connectivity index (χ3v) is 3.99. The number of aromatic nitrogens is 2. The molecule has 1 aromatic heterocycles. The van der Waals surface area contributed by atoms with Gasteiger partial charge in [-0.3, -0.25) is 4.90 Å². The van der Waals surface area contributed by atoms with E-state index in [2.05, 4.69) is 34.0 Å². The van der Waals surface area contributed by atoms with E-state index in [0.29, 0.717) is 12.3 Å². The minimum Gasteiger partial charge on any atom is -0.392 e. The fourth-order valence-electron chi connectivity index (χ4n) is 2.37. The first-order valence-corrected chi connectivity index (χ1v) is 6.93. The SMILES string of the molecule is CCC(O)C(C)c1nc(C2CN(C)CCN2C)no1. The third kappa shape index (κ3) is 3.13. The highest BCUT2D eigenvalue weighted by atomic mass is 16.5. The molecular formula is C13H24N4O2. The number of aliphatic hydroxyl groups excluding tert-OH is 1. The quantitative estimate of drug-likeness (QED) is 0.874. The van der Waals surface area contributed by atoms with Crippen molar-refractivity contribution in [2.75, 3.05) is 33.7 Å². The molecule has 108 valence electrons. The van der Waals surface area contributed by atoms with Crippen LogP contribution in [0.15, 0.2) is 4.52 Å². The van der Waals surface area contributed by atoms with E-state index in [1.807, 2.05) is 13.8 Å². The standard InChI is InChI=1S/C13H24N4O2/c1-5-11(18)9(2)13-14-12(15-19-13)10-8-16(3)6-7-17(10)4/h9-11,18H,5-8H2,1-4H3. The van der Waals surface area contributed by atoms with Crippen LogP contribution < -0.4 is 0 Å². The minimum atomic E-state index is -0.431. The number of hydrogen-bond acceptors (Lipinski definition) is 6. The molecule has 0 radical (unpaired) electrons. The predicted octanol–water partition coefficient (Wildman–Crippen LogP) is 0.862. The van der Waals surface area contributed by atoms with Gasteiger partial charge < -0.3 is 14.5 Å². The molecule has 3 unspecified atom stereocenters. The van der Waals surface area contributed by atoms with Crippen molar-refractivity contribution < 1.29 is 9.63 Å². The average Bonchev–Trinajstić information content (AvgIpc) is 2.89. The van der Waals surface area contributed by atoms with Crippen LogP contribution in [0.2, 0.25) is 0 Å². The summed E-state index contributed by atoms with van der Waals surface area (Å²) in [7, 11) is 4.18. The Balaban J connectivity index is 2.11.